The molecule has 94 valence electrons. The van der Waals surface area contributed by atoms with E-state index < -0.39 is 0 Å². The van der Waals surface area contributed by atoms with Crippen LogP contribution in [-0.4, -0.2) is 28.0 Å². The lowest BCUT2D eigenvalue weighted by atomic mass is 10.1. The number of nitrogens with zero attached hydrogens (tertiary/aromatic N) is 3. The van der Waals surface area contributed by atoms with Gasteiger partial charge in [-0.3, -0.25) is 9.88 Å². The van der Waals surface area contributed by atoms with Crippen LogP contribution in [0, 0.1) is 5.92 Å². The van der Waals surface area contributed by atoms with Gasteiger partial charge < -0.3 is 0 Å². The maximum atomic E-state index is 4.39. The summed E-state index contributed by atoms with van der Waals surface area (Å²) in [4.78, 5) is 11.3. The molecule has 3 heterocycles. The largest absolute Gasteiger partial charge is 0.297 e. The molecule has 0 saturated carbocycles. The second kappa shape index (κ2) is 5.59. The van der Waals surface area contributed by atoms with Crippen molar-refractivity contribution in [1.29, 1.82) is 0 Å². The van der Waals surface area contributed by atoms with E-state index in [0.29, 0.717) is 0 Å². The lowest BCUT2D eigenvalue weighted by molar-refractivity contribution is 0.312. The van der Waals surface area contributed by atoms with E-state index in [9.17, 15) is 0 Å². The third-order valence-corrected chi connectivity index (χ3v) is 4.23. The minimum Gasteiger partial charge on any atom is -0.297 e. The van der Waals surface area contributed by atoms with Crippen molar-refractivity contribution in [2.24, 2.45) is 5.92 Å². The van der Waals surface area contributed by atoms with Gasteiger partial charge in [-0.25, -0.2) is 4.98 Å². The fourth-order valence-corrected chi connectivity index (χ4v) is 3.28. The Kier molecular flexibility index (Phi) is 3.67. The SMILES string of the molecule is c1ccc(CN2CC[C@H](Cc3nccs3)C2)nc1. The molecule has 0 radical (unpaired) electrons. The number of pyridine rings is 1. The molecule has 0 unspecified atom stereocenters. The molecule has 1 aliphatic heterocycles. The second-order valence-corrected chi connectivity index (χ2v) is 5.82. The van der Waals surface area contributed by atoms with E-state index in [0.717, 1.165) is 18.9 Å². The van der Waals surface area contributed by atoms with Crippen LogP contribution in [0.25, 0.3) is 0 Å². The Balaban J connectivity index is 1.52. The molecule has 1 aliphatic rings. The number of aromatic nitrogens is 2. The molecule has 3 nitrogen and oxygen atoms in total. The molecular weight excluding hydrogens is 242 g/mol. The van der Waals surface area contributed by atoms with E-state index in [2.05, 4.69) is 32.4 Å². The molecule has 3 rings (SSSR count). The Labute approximate surface area is 112 Å². The van der Waals surface area contributed by atoms with E-state index in [1.165, 1.54) is 30.2 Å². The van der Waals surface area contributed by atoms with Crippen molar-refractivity contribution < 1.29 is 0 Å². The zero-order chi connectivity index (χ0) is 12.2. The molecular formula is C14H17N3S. The second-order valence-electron chi connectivity index (χ2n) is 4.84. The van der Waals surface area contributed by atoms with Crippen molar-refractivity contribution in [1.82, 2.24) is 14.9 Å². The highest BCUT2D eigenvalue weighted by atomic mass is 32.1. The summed E-state index contributed by atoms with van der Waals surface area (Å²) in [6.45, 7) is 3.35. The number of thiazole rings is 1. The monoisotopic (exact) mass is 259 g/mol. The van der Waals surface area contributed by atoms with Gasteiger partial charge in [-0.15, -0.1) is 11.3 Å². The summed E-state index contributed by atoms with van der Waals surface area (Å²) in [6, 6.07) is 6.14. The molecule has 4 heteroatoms. The molecule has 18 heavy (non-hydrogen) atoms. The van der Waals surface area contributed by atoms with Crippen molar-refractivity contribution in [3.05, 3.63) is 46.7 Å². The summed E-state index contributed by atoms with van der Waals surface area (Å²) in [7, 11) is 0. The molecule has 0 aromatic carbocycles. The van der Waals surface area contributed by atoms with Crippen LogP contribution in [0.5, 0.6) is 0 Å². The highest BCUT2D eigenvalue weighted by molar-refractivity contribution is 7.09. The van der Waals surface area contributed by atoms with Crippen molar-refractivity contribution in [3.8, 4) is 0 Å². The van der Waals surface area contributed by atoms with Crippen molar-refractivity contribution in [2.45, 2.75) is 19.4 Å². The van der Waals surface area contributed by atoms with Gasteiger partial charge in [-0.05, 0) is 31.0 Å². The van der Waals surface area contributed by atoms with E-state index in [-0.39, 0.29) is 0 Å². The third-order valence-electron chi connectivity index (χ3n) is 3.43. The van der Waals surface area contributed by atoms with Gasteiger partial charge >= 0.3 is 0 Å². The molecule has 1 fully saturated rings. The van der Waals surface area contributed by atoms with E-state index in [4.69, 9.17) is 0 Å². The van der Waals surface area contributed by atoms with Crippen LogP contribution in [0.1, 0.15) is 17.1 Å². The van der Waals surface area contributed by atoms with Gasteiger partial charge in [-0.2, -0.15) is 0 Å². The van der Waals surface area contributed by atoms with Gasteiger partial charge in [0, 0.05) is 37.3 Å². The van der Waals surface area contributed by atoms with Crippen LogP contribution in [0.3, 0.4) is 0 Å². The van der Waals surface area contributed by atoms with Gasteiger partial charge in [0.2, 0.25) is 0 Å². The fraction of sp³-hybridized carbons (Fsp3) is 0.429. The van der Waals surface area contributed by atoms with Crippen LogP contribution in [-0.2, 0) is 13.0 Å². The number of hydrogen-bond acceptors (Lipinski definition) is 4. The van der Waals surface area contributed by atoms with Crippen LogP contribution in [0.15, 0.2) is 36.0 Å². The first-order valence-electron chi connectivity index (χ1n) is 6.41. The average Bonchev–Trinajstić information content (AvgIpc) is 3.03. The maximum Gasteiger partial charge on any atom is 0.0928 e. The predicted octanol–water partition coefficient (Wildman–Crippen LogP) is 2.60. The molecule has 2 aromatic heterocycles. The number of rotatable bonds is 4. The van der Waals surface area contributed by atoms with E-state index in [1.807, 2.05) is 18.5 Å². The van der Waals surface area contributed by atoms with Crippen LogP contribution in [0.2, 0.25) is 0 Å². The predicted molar refractivity (Wildman–Crippen MR) is 73.4 cm³/mol. The normalized spacial score (nSPS) is 20.3. The van der Waals surface area contributed by atoms with Crippen molar-refractivity contribution >= 4 is 11.3 Å². The Morgan fingerprint density at radius 3 is 3.06 bits per heavy atom. The van der Waals surface area contributed by atoms with Gasteiger partial charge in [0.15, 0.2) is 0 Å². The number of likely N-dealkylation sites (tertiary alicyclic amines) is 1. The van der Waals surface area contributed by atoms with Gasteiger partial charge in [-0.1, -0.05) is 6.07 Å². The molecule has 1 saturated heterocycles. The number of hydrogen-bond donors (Lipinski definition) is 0. The van der Waals surface area contributed by atoms with Gasteiger partial charge in [0.25, 0.3) is 0 Å². The van der Waals surface area contributed by atoms with Crippen LogP contribution in [0.4, 0.5) is 0 Å². The van der Waals surface area contributed by atoms with Gasteiger partial charge in [0.05, 0.1) is 10.7 Å². The summed E-state index contributed by atoms with van der Waals surface area (Å²) in [5.41, 5.74) is 1.17. The summed E-state index contributed by atoms with van der Waals surface area (Å²) in [5, 5.41) is 3.34. The maximum absolute atomic E-state index is 4.39. The topological polar surface area (TPSA) is 29.0 Å². The highest BCUT2D eigenvalue weighted by Crippen LogP contribution is 2.22. The quantitative estimate of drug-likeness (QED) is 0.845. The Morgan fingerprint density at radius 1 is 1.28 bits per heavy atom. The smallest absolute Gasteiger partial charge is 0.0928 e. The van der Waals surface area contributed by atoms with E-state index in [1.54, 1.807) is 11.3 Å². The van der Waals surface area contributed by atoms with Crippen molar-refractivity contribution in [3.63, 3.8) is 0 Å². The summed E-state index contributed by atoms with van der Waals surface area (Å²) in [6.07, 6.45) is 6.20. The average molecular weight is 259 g/mol. The van der Waals surface area contributed by atoms with E-state index >= 15 is 0 Å². The molecule has 2 aromatic rings. The Bertz CT molecular complexity index is 469. The van der Waals surface area contributed by atoms with Crippen LogP contribution < -0.4 is 0 Å². The van der Waals surface area contributed by atoms with Crippen LogP contribution >= 0.6 is 11.3 Å². The summed E-state index contributed by atoms with van der Waals surface area (Å²) < 4.78 is 0. The Hall–Kier alpha value is -1.26. The fourth-order valence-electron chi connectivity index (χ4n) is 2.54. The highest BCUT2D eigenvalue weighted by Gasteiger charge is 2.23. The minimum absolute atomic E-state index is 0.764. The van der Waals surface area contributed by atoms with Gasteiger partial charge in [0.1, 0.15) is 0 Å². The first-order chi connectivity index (χ1) is 8.90. The summed E-state index contributed by atoms with van der Waals surface area (Å²) >= 11 is 1.77. The lowest BCUT2D eigenvalue weighted by Crippen LogP contribution is -2.21. The zero-order valence-electron chi connectivity index (χ0n) is 10.3. The first-order valence-corrected chi connectivity index (χ1v) is 7.29. The lowest BCUT2D eigenvalue weighted by Gasteiger charge is -2.14. The molecule has 1 atom stereocenters. The molecule has 0 spiro atoms. The minimum atomic E-state index is 0.764. The van der Waals surface area contributed by atoms with Crippen molar-refractivity contribution in [2.75, 3.05) is 13.1 Å². The molecule has 0 bridgehead atoms. The standard InChI is InChI=1S/C14H17N3S/c1-2-5-15-13(3-1)11-17-7-4-12(10-17)9-14-16-6-8-18-14/h1-3,5-6,8,12H,4,7,9-11H2/t12-/m1/s1. The first kappa shape index (κ1) is 11.8. The summed E-state index contributed by atoms with van der Waals surface area (Å²) in [5.74, 6) is 0.764. The third kappa shape index (κ3) is 2.94. The molecule has 0 amide bonds. The zero-order valence-corrected chi connectivity index (χ0v) is 11.1. The molecule has 0 N–H and O–H groups in total. The Morgan fingerprint density at radius 2 is 2.28 bits per heavy atom. The molecule has 0 aliphatic carbocycles.